The van der Waals surface area contributed by atoms with Crippen molar-refractivity contribution >= 4 is 11.7 Å². The first-order chi connectivity index (χ1) is 6.95. The van der Waals surface area contributed by atoms with Gasteiger partial charge in [-0.2, -0.15) is 0 Å². The molecule has 0 heterocycles. The zero-order valence-corrected chi connectivity index (χ0v) is 9.61. The average Bonchev–Trinajstić information content (AvgIpc) is 2.16. The molecule has 0 aliphatic rings. The summed E-state index contributed by atoms with van der Waals surface area (Å²) in [5, 5.41) is 9.09. The van der Waals surface area contributed by atoms with Gasteiger partial charge in [0.1, 0.15) is 0 Å². The van der Waals surface area contributed by atoms with E-state index in [9.17, 15) is 4.79 Å². The number of carboxylic acids is 1. The lowest BCUT2D eigenvalue weighted by Gasteiger charge is -2.21. The molecule has 0 aromatic heterocycles. The van der Waals surface area contributed by atoms with Crippen LogP contribution in [0, 0.1) is 0 Å². The molecule has 3 heteroatoms. The highest BCUT2D eigenvalue weighted by Gasteiger charge is 2.16. The third-order valence-corrected chi connectivity index (χ3v) is 2.37. The monoisotopic (exact) mass is 207 g/mol. The number of carbonyl (C=O) groups is 1. The van der Waals surface area contributed by atoms with Crippen LogP contribution in [0.1, 0.15) is 35.7 Å². The van der Waals surface area contributed by atoms with Crippen molar-refractivity contribution in [2.24, 2.45) is 0 Å². The number of hydrogen-bond donors (Lipinski definition) is 1. The number of benzene rings is 1. The Morgan fingerprint density at radius 1 is 1.33 bits per heavy atom. The summed E-state index contributed by atoms with van der Waals surface area (Å²) in [5.41, 5.74) is 2.24. The maximum Gasteiger partial charge on any atom is 0.337 e. The summed E-state index contributed by atoms with van der Waals surface area (Å²) in [6, 6.07) is 5.42. The predicted octanol–water partition coefficient (Wildman–Crippen LogP) is 2.57. The fourth-order valence-electron chi connectivity index (χ4n) is 1.70. The lowest BCUT2D eigenvalue weighted by molar-refractivity contribution is 0.0697. The highest BCUT2D eigenvalue weighted by molar-refractivity contribution is 5.95. The Labute approximate surface area is 90.3 Å². The van der Waals surface area contributed by atoms with Crippen LogP contribution < -0.4 is 4.90 Å². The van der Waals surface area contributed by atoms with E-state index in [1.54, 1.807) is 12.1 Å². The van der Waals surface area contributed by atoms with Gasteiger partial charge in [0.2, 0.25) is 0 Å². The van der Waals surface area contributed by atoms with Gasteiger partial charge in [-0.3, -0.25) is 0 Å². The fraction of sp³-hybridized carbons (Fsp3) is 0.417. The molecule has 0 spiro atoms. The van der Waals surface area contributed by atoms with E-state index in [1.165, 1.54) is 0 Å². The van der Waals surface area contributed by atoms with Gasteiger partial charge in [-0.15, -0.1) is 0 Å². The predicted molar refractivity (Wildman–Crippen MR) is 61.8 cm³/mol. The van der Waals surface area contributed by atoms with Crippen molar-refractivity contribution in [2.75, 3.05) is 19.0 Å². The second-order valence-corrected chi connectivity index (χ2v) is 4.10. The molecule has 0 saturated heterocycles. The number of nitrogens with zero attached hydrogens (tertiary/aromatic N) is 1. The Bertz CT molecular complexity index is 370. The SMILES string of the molecule is CC(C)c1cccc(C(=O)O)c1N(C)C. The van der Waals surface area contributed by atoms with E-state index in [4.69, 9.17) is 5.11 Å². The van der Waals surface area contributed by atoms with Crippen molar-refractivity contribution in [3.05, 3.63) is 29.3 Å². The number of para-hydroxylation sites is 1. The summed E-state index contributed by atoms with van der Waals surface area (Å²) >= 11 is 0. The van der Waals surface area contributed by atoms with Crippen molar-refractivity contribution in [2.45, 2.75) is 19.8 Å². The molecule has 1 aromatic rings. The standard InChI is InChI=1S/C12H17NO2/c1-8(2)9-6-5-7-10(12(14)15)11(9)13(3)4/h5-8H,1-4H3,(H,14,15). The molecular weight excluding hydrogens is 190 g/mol. The lowest BCUT2D eigenvalue weighted by Crippen LogP contribution is -2.16. The Morgan fingerprint density at radius 3 is 2.33 bits per heavy atom. The lowest BCUT2D eigenvalue weighted by atomic mass is 9.97. The molecule has 82 valence electrons. The number of hydrogen-bond acceptors (Lipinski definition) is 2. The molecule has 0 bridgehead atoms. The number of aromatic carboxylic acids is 1. The summed E-state index contributed by atoms with van der Waals surface area (Å²) < 4.78 is 0. The van der Waals surface area contributed by atoms with E-state index >= 15 is 0 Å². The Balaban J connectivity index is 3.42. The van der Waals surface area contributed by atoms with Gasteiger partial charge in [-0.05, 0) is 17.5 Å². The van der Waals surface area contributed by atoms with Crippen molar-refractivity contribution < 1.29 is 9.90 Å². The molecule has 0 radical (unpaired) electrons. The molecule has 0 fully saturated rings. The minimum Gasteiger partial charge on any atom is -0.478 e. The van der Waals surface area contributed by atoms with Crippen molar-refractivity contribution in [1.82, 2.24) is 0 Å². The second kappa shape index (κ2) is 4.34. The molecule has 0 unspecified atom stereocenters. The second-order valence-electron chi connectivity index (χ2n) is 4.10. The first-order valence-electron chi connectivity index (χ1n) is 4.98. The minimum atomic E-state index is -0.874. The minimum absolute atomic E-state index is 0.321. The first-order valence-corrected chi connectivity index (χ1v) is 4.98. The van der Waals surface area contributed by atoms with Crippen LogP contribution in [0.5, 0.6) is 0 Å². The first kappa shape index (κ1) is 11.6. The Hall–Kier alpha value is -1.51. The normalized spacial score (nSPS) is 10.5. The Kier molecular flexibility index (Phi) is 3.35. The van der Waals surface area contributed by atoms with Gasteiger partial charge in [0.25, 0.3) is 0 Å². The van der Waals surface area contributed by atoms with Crippen LogP contribution in [0.4, 0.5) is 5.69 Å². The van der Waals surface area contributed by atoms with E-state index in [2.05, 4.69) is 13.8 Å². The zero-order chi connectivity index (χ0) is 11.6. The summed E-state index contributed by atoms with van der Waals surface area (Å²) in [7, 11) is 3.74. The third-order valence-electron chi connectivity index (χ3n) is 2.37. The zero-order valence-electron chi connectivity index (χ0n) is 9.61. The van der Waals surface area contributed by atoms with Gasteiger partial charge in [0.15, 0.2) is 0 Å². The molecule has 1 rings (SSSR count). The molecule has 1 N–H and O–H groups in total. The van der Waals surface area contributed by atoms with E-state index in [-0.39, 0.29) is 0 Å². The molecule has 1 aromatic carbocycles. The summed E-state index contributed by atoms with van der Waals surface area (Å²) in [6.07, 6.45) is 0. The molecule has 3 nitrogen and oxygen atoms in total. The quantitative estimate of drug-likeness (QED) is 0.828. The summed E-state index contributed by atoms with van der Waals surface area (Å²) in [5.74, 6) is -0.553. The van der Waals surface area contributed by atoms with Crippen LogP contribution in [0.25, 0.3) is 0 Å². The largest absolute Gasteiger partial charge is 0.478 e. The van der Waals surface area contributed by atoms with Crippen LogP contribution >= 0.6 is 0 Å². The maximum atomic E-state index is 11.1. The van der Waals surface area contributed by atoms with Gasteiger partial charge in [0.05, 0.1) is 11.3 Å². The summed E-state index contributed by atoms with van der Waals surface area (Å²) in [6.45, 7) is 4.13. The van der Waals surface area contributed by atoms with Gasteiger partial charge in [-0.25, -0.2) is 4.79 Å². The molecule has 0 aliphatic heterocycles. The number of rotatable bonds is 3. The molecular formula is C12H17NO2. The molecule has 0 aliphatic carbocycles. The smallest absolute Gasteiger partial charge is 0.337 e. The van der Waals surface area contributed by atoms with Crippen LogP contribution in [-0.2, 0) is 0 Å². The molecule has 0 atom stereocenters. The maximum absolute atomic E-state index is 11.1. The van der Waals surface area contributed by atoms with E-state index in [0.29, 0.717) is 11.5 Å². The highest BCUT2D eigenvalue weighted by Crippen LogP contribution is 2.29. The van der Waals surface area contributed by atoms with Crippen molar-refractivity contribution in [1.29, 1.82) is 0 Å². The molecule has 0 amide bonds. The molecule has 0 saturated carbocycles. The number of carboxylic acid groups (broad SMARTS) is 1. The topological polar surface area (TPSA) is 40.5 Å². The van der Waals surface area contributed by atoms with Crippen LogP contribution in [0.2, 0.25) is 0 Å². The van der Waals surface area contributed by atoms with E-state index in [1.807, 2.05) is 25.1 Å². The Morgan fingerprint density at radius 2 is 1.93 bits per heavy atom. The van der Waals surface area contributed by atoms with Gasteiger partial charge < -0.3 is 10.0 Å². The van der Waals surface area contributed by atoms with Crippen LogP contribution in [0.15, 0.2) is 18.2 Å². The summed E-state index contributed by atoms with van der Waals surface area (Å²) in [4.78, 5) is 12.9. The van der Waals surface area contributed by atoms with Gasteiger partial charge in [0, 0.05) is 14.1 Å². The van der Waals surface area contributed by atoms with Gasteiger partial charge >= 0.3 is 5.97 Å². The highest BCUT2D eigenvalue weighted by atomic mass is 16.4. The van der Waals surface area contributed by atoms with E-state index in [0.717, 1.165) is 11.3 Å². The fourth-order valence-corrected chi connectivity index (χ4v) is 1.70. The van der Waals surface area contributed by atoms with Crippen LogP contribution in [-0.4, -0.2) is 25.2 Å². The van der Waals surface area contributed by atoms with Gasteiger partial charge in [-0.1, -0.05) is 26.0 Å². The average molecular weight is 207 g/mol. The number of anilines is 1. The van der Waals surface area contributed by atoms with Crippen molar-refractivity contribution in [3.8, 4) is 0 Å². The molecule has 15 heavy (non-hydrogen) atoms. The van der Waals surface area contributed by atoms with Crippen molar-refractivity contribution in [3.63, 3.8) is 0 Å². The third kappa shape index (κ3) is 2.29. The van der Waals surface area contributed by atoms with E-state index < -0.39 is 5.97 Å². The van der Waals surface area contributed by atoms with Crippen LogP contribution in [0.3, 0.4) is 0 Å².